The predicted molar refractivity (Wildman–Crippen MR) is 107 cm³/mol. The number of nitrogens with one attached hydrogen (secondary N) is 4. The number of sulfonamides is 1. The first kappa shape index (κ1) is 19.7. The van der Waals surface area contributed by atoms with Crippen LogP contribution in [-0.2, 0) is 10.0 Å². The molecule has 0 atom stereocenters. The molecule has 154 valence electrons. The average molecular weight is 427 g/mol. The van der Waals surface area contributed by atoms with Gasteiger partial charge in [-0.25, -0.2) is 18.2 Å². The minimum Gasteiger partial charge on any atom is -0.267 e. The van der Waals surface area contributed by atoms with E-state index in [1.807, 2.05) is 0 Å². The summed E-state index contributed by atoms with van der Waals surface area (Å²) < 4.78 is 27.2. The lowest BCUT2D eigenvalue weighted by molar-refractivity contribution is 0.0844. The summed E-state index contributed by atoms with van der Waals surface area (Å²) in [6, 6.07) is 11.8. The van der Waals surface area contributed by atoms with Crippen LogP contribution < -0.4 is 21.1 Å². The Hall–Kier alpha value is -3.57. The van der Waals surface area contributed by atoms with E-state index >= 15 is 0 Å². The van der Waals surface area contributed by atoms with Crippen molar-refractivity contribution < 1.29 is 18.0 Å². The molecule has 10 nitrogen and oxygen atoms in total. The summed E-state index contributed by atoms with van der Waals surface area (Å²) >= 11 is 0. The summed E-state index contributed by atoms with van der Waals surface area (Å²) in [4.78, 5) is 36.6. The van der Waals surface area contributed by atoms with Gasteiger partial charge in [-0.3, -0.25) is 25.2 Å². The molecule has 1 saturated carbocycles. The largest absolute Gasteiger partial charge is 0.290 e. The van der Waals surface area contributed by atoms with Crippen LogP contribution in [0, 0.1) is 0 Å². The summed E-state index contributed by atoms with van der Waals surface area (Å²) in [7, 11) is -3.72. The molecule has 2 amide bonds. The van der Waals surface area contributed by atoms with Crippen molar-refractivity contribution in [2.24, 2.45) is 0 Å². The number of fused-ring (bicyclic) bond motifs is 1. The van der Waals surface area contributed by atoms with E-state index in [2.05, 4.69) is 25.8 Å². The second-order valence-electron chi connectivity index (χ2n) is 6.78. The molecule has 4 N–H and O–H groups in total. The number of carbonyl (C=O) groups excluding carboxylic acids is 2. The molecule has 0 spiro atoms. The van der Waals surface area contributed by atoms with Gasteiger partial charge < -0.3 is 0 Å². The average Bonchev–Trinajstić information content (AvgIpc) is 3.55. The van der Waals surface area contributed by atoms with E-state index in [4.69, 9.17) is 0 Å². The SMILES string of the molecule is O=C(NNC(=O)c1n[nH]c(=O)c2ccccc12)c1cccc(S(=O)(=O)NC2CC2)c1. The van der Waals surface area contributed by atoms with Gasteiger partial charge in [0.25, 0.3) is 17.4 Å². The number of benzene rings is 2. The smallest absolute Gasteiger partial charge is 0.267 e. The minimum absolute atomic E-state index is 0.0401. The maximum atomic E-state index is 12.4. The highest BCUT2D eigenvalue weighted by Crippen LogP contribution is 2.22. The first-order valence-corrected chi connectivity index (χ1v) is 10.5. The molecular formula is C19H17N5O5S. The van der Waals surface area contributed by atoms with E-state index in [1.54, 1.807) is 24.3 Å². The normalized spacial score (nSPS) is 13.7. The van der Waals surface area contributed by atoms with Gasteiger partial charge >= 0.3 is 0 Å². The molecule has 4 rings (SSSR count). The van der Waals surface area contributed by atoms with Crippen LogP contribution in [0.3, 0.4) is 0 Å². The van der Waals surface area contributed by atoms with Crippen molar-refractivity contribution in [3.8, 4) is 0 Å². The fourth-order valence-electron chi connectivity index (χ4n) is 2.83. The molecule has 0 aliphatic heterocycles. The van der Waals surface area contributed by atoms with Crippen LogP contribution in [0.15, 0.2) is 58.2 Å². The molecule has 0 saturated heterocycles. The zero-order valence-electron chi connectivity index (χ0n) is 15.5. The number of nitrogens with zero attached hydrogens (tertiary/aromatic N) is 1. The lowest BCUT2D eigenvalue weighted by Crippen LogP contribution is -2.42. The summed E-state index contributed by atoms with van der Waals surface area (Å²) in [5.74, 6) is -1.45. The molecule has 1 fully saturated rings. The lowest BCUT2D eigenvalue weighted by Gasteiger charge is -2.10. The Morgan fingerprint density at radius 1 is 0.967 bits per heavy atom. The van der Waals surface area contributed by atoms with Crippen LogP contribution in [0.5, 0.6) is 0 Å². The second-order valence-corrected chi connectivity index (χ2v) is 8.49. The van der Waals surface area contributed by atoms with Crippen LogP contribution in [0.2, 0.25) is 0 Å². The van der Waals surface area contributed by atoms with Gasteiger partial charge in [-0.1, -0.05) is 24.3 Å². The zero-order valence-corrected chi connectivity index (χ0v) is 16.3. The van der Waals surface area contributed by atoms with Gasteiger partial charge in [0.1, 0.15) is 0 Å². The van der Waals surface area contributed by atoms with E-state index in [0.717, 1.165) is 12.8 Å². The summed E-state index contributed by atoms with van der Waals surface area (Å²) in [6.45, 7) is 0. The number of hydrogen-bond donors (Lipinski definition) is 4. The lowest BCUT2D eigenvalue weighted by atomic mass is 10.1. The number of hydrazine groups is 1. The van der Waals surface area contributed by atoms with Crippen molar-refractivity contribution in [1.82, 2.24) is 25.8 Å². The number of rotatable bonds is 5. The summed E-state index contributed by atoms with van der Waals surface area (Å²) in [5.41, 5.74) is 3.98. The maximum absolute atomic E-state index is 12.4. The summed E-state index contributed by atoms with van der Waals surface area (Å²) in [6.07, 6.45) is 1.58. The fraction of sp³-hybridized carbons (Fsp3) is 0.158. The van der Waals surface area contributed by atoms with E-state index < -0.39 is 27.4 Å². The van der Waals surface area contributed by atoms with Crippen molar-refractivity contribution in [1.29, 1.82) is 0 Å². The number of H-pyrrole nitrogens is 1. The Morgan fingerprint density at radius 2 is 1.67 bits per heavy atom. The molecule has 11 heteroatoms. The van der Waals surface area contributed by atoms with E-state index in [9.17, 15) is 22.8 Å². The Bertz CT molecular complexity index is 1310. The van der Waals surface area contributed by atoms with E-state index in [1.165, 1.54) is 24.3 Å². The topological polar surface area (TPSA) is 150 Å². The predicted octanol–water partition coefficient (Wildman–Crippen LogP) is 0.439. The molecule has 30 heavy (non-hydrogen) atoms. The third-order valence-corrected chi connectivity index (χ3v) is 6.02. The van der Waals surface area contributed by atoms with Gasteiger partial charge in [0, 0.05) is 17.0 Å². The highest BCUT2D eigenvalue weighted by molar-refractivity contribution is 7.89. The standard InChI is InChI=1S/C19H17N5O5S/c25-17(11-4-3-5-13(10-11)30(28,29)24-12-8-9-12)21-23-19(27)16-14-6-1-2-7-15(14)18(26)22-20-16/h1-7,10,12,24H,8-9H2,(H,21,25)(H,22,26)(H,23,27). The number of hydrogen-bond acceptors (Lipinski definition) is 6. The Balaban J connectivity index is 1.49. The van der Waals surface area contributed by atoms with Crippen molar-refractivity contribution in [2.75, 3.05) is 0 Å². The molecule has 0 unspecified atom stereocenters. The van der Waals surface area contributed by atoms with Gasteiger partial charge in [-0.2, -0.15) is 5.10 Å². The van der Waals surface area contributed by atoms with Crippen LogP contribution in [0.4, 0.5) is 0 Å². The number of aromatic amines is 1. The van der Waals surface area contributed by atoms with Crippen molar-refractivity contribution in [3.63, 3.8) is 0 Å². The van der Waals surface area contributed by atoms with Crippen LogP contribution in [0.1, 0.15) is 33.7 Å². The Morgan fingerprint density at radius 3 is 2.40 bits per heavy atom. The third-order valence-electron chi connectivity index (χ3n) is 4.51. The highest BCUT2D eigenvalue weighted by Gasteiger charge is 2.28. The number of aromatic nitrogens is 2. The summed E-state index contributed by atoms with van der Waals surface area (Å²) in [5, 5.41) is 6.59. The number of carbonyl (C=O) groups is 2. The molecule has 1 aromatic heterocycles. The Kier molecular flexibility index (Phi) is 5.06. The van der Waals surface area contributed by atoms with Gasteiger partial charge in [0.2, 0.25) is 10.0 Å². The fourth-order valence-corrected chi connectivity index (χ4v) is 4.18. The van der Waals surface area contributed by atoms with Crippen LogP contribution >= 0.6 is 0 Å². The Labute approximate surface area is 170 Å². The second kappa shape index (κ2) is 7.69. The molecule has 1 aliphatic rings. The van der Waals surface area contributed by atoms with Crippen molar-refractivity contribution in [2.45, 2.75) is 23.8 Å². The minimum atomic E-state index is -3.72. The molecule has 0 bridgehead atoms. The van der Waals surface area contributed by atoms with Gasteiger partial charge in [-0.05, 0) is 37.1 Å². The highest BCUT2D eigenvalue weighted by atomic mass is 32.2. The van der Waals surface area contributed by atoms with Crippen molar-refractivity contribution in [3.05, 3.63) is 70.1 Å². The van der Waals surface area contributed by atoms with Gasteiger partial charge in [0.05, 0.1) is 10.3 Å². The van der Waals surface area contributed by atoms with Crippen LogP contribution in [0.25, 0.3) is 10.8 Å². The molecule has 2 aromatic carbocycles. The number of amides is 2. The molecule has 1 aliphatic carbocycles. The van der Waals surface area contributed by atoms with E-state index in [-0.39, 0.29) is 27.6 Å². The molecule has 0 radical (unpaired) electrons. The van der Waals surface area contributed by atoms with Gasteiger partial charge in [0.15, 0.2) is 5.69 Å². The zero-order chi connectivity index (χ0) is 21.3. The molecular weight excluding hydrogens is 410 g/mol. The molecule has 3 aromatic rings. The maximum Gasteiger partial charge on any atom is 0.290 e. The monoisotopic (exact) mass is 427 g/mol. The third kappa shape index (κ3) is 4.07. The van der Waals surface area contributed by atoms with Gasteiger partial charge in [-0.15, -0.1) is 0 Å². The first-order valence-electron chi connectivity index (χ1n) is 9.06. The molecule has 1 heterocycles. The quantitative estimate of drug-likeness (QED) is 0.434. The van der Waals surface area contributed by atoms with E-state index in [0.29, 0.717) is 5.39 Å². The van der Waals surface area contributed by atoms with Crippen LogP contribution in [-0.4, -0.2) is 36.5 Å². The first-order chi connectivity index (χ1) is 14.3. The van der Waals surface area contributed by atoms with Crippen molar-refractivity contribution >= 4 is 32.6 Å².